The fraction of sp³-hybridized carbons (Fsp3) is 0.682. The van der Waals surface area contributed by atoms with Crippen LogP contribution in [0.3, 0.4) is 0 Å². The highest BCUT2D eigenvalue weighted by atomic mass is 127. The first-order valence-electron chi connectivity index (χ1n) is 10.3. The Morgan fingerprint density at radius 3 is 2.61 bits per heavy atom. The molecule has 0 amide bonds. The van der Waals surface area contributed by atoms with Crippen LogP contribution in [0.25, 0.3) is 0 Å². The summed E-state index contributed by atoms with van der Waals surface area (Å²) < 4.78 is 6.14. The number of aryl methyl sites for hydroxylation is 1. The van der Waals surface area contributed by atoms with Gasteiger partial charge >= 0.3 is 0 Å². The zero-order chi connectivity index (χ0) is 19.5. The third-order valence-electron chi connectivity index (χ3n) is 5.41. The number of halogens is 1. The lowest BCUT2D eigenvalue weighted by atomic mass is 9.96. The number of hydrogen-bond acceptors (Lipinski definition) is 3. The van der Waals surface area contributed by atoms with Crippen LogP contribution in [0, 0.1) is 0 Å². The lowest BCUT2D eigenvalue weighted by Crippen LogP contribution is -2.48. The van der Waals surface area contributed by atoms with Gasteiger partial charge in [0.25, 0.3) is 0 Å². The van der Waals surface area contributed by atoms with Gasteiger partial charge in [0.05, 0.1) is 18.2 Å². The molecule has 0 radical (unpaired) electrons. The number of nitrogens with one attached hydrogen (secondary N) is 1. The molecule has 158 valence electrons. The minimum atomic E-state index is -0.842. The SMILES string of the molecule is CCNC(=NCC1(O)CCc2ccccc21)N1CCC(OC(C)(C)C)CC1.I. The molecule has 28 heavy (non-hydrogen) atoms. The lowest BCUT2D eigenvalue weighted by Gasteiger charge is -2.37. The van der Waals surface area contributed by atoms with Crippen molar-refractivity contribution in [3.8, 4) is 0 Å². The van der Waals surface area contributed by atoms with Gasteiger partial charge < -0.3 is 20.1 Å². The van der Waals surface area contributed by atoms with E-state index >= 15 is 0 Å². The van der Waals surface area contributed by atoms with Crippen LogP contribution < -0.4 is 5.32 Å². The molecule has 0 bridgehead atoms. The van der Waals surface area contributed by atoms with E-state index in [-0.39, 0.29) is 29.6 Å². The zero-order valence-corrected chi connectivity index (χ0v) is 20.0. The molecule has 1 aromatic rings. The van der Waals surface area contributed by atoms with Crippen LogP contribution in [0.2, 0.25) is 0 Å². The van der Waals surface area contributed by atoms with Crippen LogP contribution in [-0.4, -0.2) is 53.9 Å². The molecule has 6 heteroatoms. The molecule has 1 saturated heterocycles. The zero-order valence-electron chi connectivity index (χ0n) is 17.7. The number of aliphatic imine (C=N–C) groups is 1. The van der Waals surface area contributed by atoms with Crippen molar-refractivity contribution in [3.63, 3.8) is 0 Å². The highest BCUT2D eigenvalue weighted by molar-refractivity contribution is 14.0. The molecule has 2 aliphatic rings. The Morgan fingerprint density at radius 1 is 1.29 bits per heavy atom. The van der Waals surface area contributed by atoms with Crippen molar-refractivity contribution in [3.05, 3.63) is 35.4 Å². The van der Waals surface area contributed by atoms with E-state index in [1.54, 1.807) is 0 Å². The second kappa shape index (κ2) is 9.76. The van der Waals surface area contributed by atoms with E-state index in [1.165, 1.54) is 5.56 Å². The van der Waals surface area contributed by atoms with Gasteiger partial charge in [-0.3, -0.25) is 0 Å². The summed E-state index contributed by atoms with van der Waals surface area (Å²) in [5.41, 5.74) is 1.36. The van der Waals surface area contributed by atoms with Crippen LogP contribution >= 0.6 is 24.0 Å². The molecular formula is C22H36IN3O2. The molecule has 1 aliphatic carbocycles. The highest BCUT2D eigenvalue weighted by Gasteiger charge is 2.36. The molecule has 1 aromatic carbocycles. The summed E-state index contributed by atoms with van der Waals surface area (Å²) >= 11 is 0. The summed E-state index contributed by atoms with van der Waals surface area (Å²) in [6, 6.07) is 8.20. The summed E-state index contributed by atoms with van der Waals surface area (Å²) in [5.74, 6) is 0.907. The maximum Gasteiger partial charge on any atom is 0.194 e. The van der Waals surface area contributed by atoms with E-state index in [9.17, 15) is 5.11 Å². The van der Waals surface area contributed by atoms with Crippen LogP contribution in [-0.2, 0) is 16.8 Å². The third kappa shape index (κ3) is 5.83. The number of ether oxygens (including phenoxy) is 1. The number of nitrogens with zero attached hydrogens (tertiary/aromatic N) is 2. The average molecular weight is 501 g/mol. The van der Waals surface area contributed by atoms with Crippen molar-refractivity contribution >= 4 is 29.9 Å². The number of benzene rings is 1. The van der Waals surface area contributed by atoms with Crippen molar-refractivity contribution in [1.82, 2.24) is 10.2 Å². The van der Waals surface area contributed by atoms with Gasteiger partial charge in [-0.05, 0) is 64.5 Å². The number of rotatable bonds is 4. The number of aliphatic hydroxyl groups is 1. The topological polar surface area (TPSA) is 57.1 Å². The predicted octanol–water partition coefficient (Wildman–Crippen LogP) is 3.68. The quantitative estimate of drug-likeness (QED) is 0.376. The van der Waals surface area contributed by atoms with Gasteiger partial charge in [-0.25, -0.2) is 4.99 Å². The van der Waals surface area contributed by atoms with Gasteiger partial charge in [0.2, 0.25) is 0 Å². The lowest BCUT2D eigenvalue weighted by molar-refractivity contribution is -0.0773. The molecule has 0 aromatic heterocycles. The van der Waals surface area contributed by atoms with Gasteiger partial charge in [-0.1, -0.05) is 24.3 Å². The molecular weight excluding hydrogens is 465 g/mol. The first-order chi connectivity index (χ1) is 12.8. The van der Waals surface area contributed by atoms with Crippen LogP contribution in [0.5, 0.6) is 0 Å². The average Bonchev–Trinajstić information content (AvgIpc) is 2.96. The molecule has 1 atom stereocenters. The second-order valence-electron chi connectivity index (χ2n) is 8.78. The van der Waals surface area contributed by atoms with Gasteiger partial charge in [0.15, 0.2) is 5.96 Å². The van der Waals surface area contributed by atoms with Crippen molar-refractivity contribution in [2.45, 2.75) is 70.7 Å². The Bertz CT molecular complexity index is 666. The van der Waals surface area contributed by atoms with Crippen molar-refractivity contribution in [1.29, 1.82) is 0 Å². The highest BCUT2D eigenvalue weighted by Crippen LogP contribution is 2.37. The van der Waals surface area contributed by atoms with E-state index in [1.807, 2.05) is 18.2 Å². The van der Waals surface area contributed by atoms with Crippen LogP contribution in [0.15, 0.2) is 29.3 Å². The van der Waals surface area contributed by atoms with E-state index in [0.717, 1.165) is 56.8 Å². The minimum absolute atomic E-state index is 0. The molecule has 1 fully saturated rings. The molecule has 0 saturated carbocycles. The summed E-state index contributed by atoms with van der Waals surface area (Å²) in [7, 11) is 0. The fourth-order valence-electron chi connectivity index (χ4n) is 4.15. The monoisotopic (exact) mass is 501 g/mol. The summed E-state index contributed by atoms with van der Waals surface area (Å²) in [4.78, 5) is 7.13. The number of likely N-dealkylation sites (tertiary alicyclic amines) is 1. The maximum atomic E-state index is 11.2. The number of guanidine groups is 1. The molecule has 1 heterocycles. The third-order valence-corrected chi connectivity index (χ3v) is 5.41. The molecule has 1 aliphatic heterocycles. The van der Waals surface area contributed by atoms with Crippen molar-refractivity contribution < 1.29 is 9.84 Å². The molecule has 0 spiro atoms. The van der Waals surface area contributed by atoms with Crippen molar-refractivity contribution in [2.24, 2.45) is 4.99 Å². The summed E-state index contributed by atoms with van der Waals surface area (Å²) in [6.45, 7) is 11.5. The molecule has 3 rings (SSSR count). The van der Waals surface area contributed by atoms with Gasteiger partial charge in [-0.15, -0.1) is 24.0 Å². The van der Waals surface area contributed by atoms with Crippen LogP contribution in [0.4, 0.5) is 0 Å². The molecule has 5 nitrogen and oxygen atoms in total. The molecule has 1 unspecified atom stereocenters. The first kappa shape index (κ1) is 23.4. The van der Waals surface area contributed by atoms with E-state index in [4.69, 9.17) is 9.73 Å². The largest absolute Gasteiger partial charge is 0.383 e. The standard InChI is InChI=1S/C22H35N3O2.HI/c1-5-23-20(25-14-11-18(12-15-25)27-21(2,3)4)24-16-22(26)13-10-17-8-6-7-9-19(17)22;/h6-9,18,26H,5,10-16H2,1-4H3,(H,23,24);1H. The fourth-order valence-corrected chi connectivity index (χ4v) is 4.15. The Morgan fingerprint density at radius 2 is 1.96 bits per heavy atom. The van der Waals surface area contributed by atoms with E-state index in [2.05, 4.69) is 44.0 Å². The normalized spacial score (nSPS) is 23.3. The van der Waals surface area contributed by atoms with Gasteiger partial charge in [0.1, 0.15) is 5.60 Å². The minimum Gasteiger partial charge on any atom is -0.383 e. The summed E-state index contributed by atoms with van der Waals surface area (Å²) in [6.07, 6.45) is 4.00. The molecule has 2 N–H and O–H groups in total. The van der Waals surface area contributed by atoms with Gasteiger partial charge in [-0.2, -0.15) is 0 Å². The first-order valence-corrected chi connectivity index (χ1v) is 10.3. The number of piperidine rings is 1. The Balaban J connectivity index is 0.00000280. The smallest absolute Gasteiger partial charge is 0.194 e. The predicted molar refractivity (Wildman–Crippen MR) is 125 cm³/mol. The Labute approximate surface area is 187 Å². The number of fused-ring (bicyclic) bond motifs is 1. The van der Waals surface area contributed by atoms with E-state index in [0.29, 0.717) is 12.6 Å². The maximum absolute atomic E-state index is 11.2. The number of hydrogen-bond donors (Lipinski definition) is 2. The Kier molecular flexibility index (Phi) is 8.16. The van der Waals surface area contributed by atoms with E-state index < -0.39 is 5.60 Å². The second-order valence-corrected chi connectivity index (χ2v) is 8.78. The van der Waals surface area contributed by atoms with Gasteiger partial charge in [0, 0.05) is 19.6 Å². The Hall–Kier alpha value is -0.860. The van der Waals surface area contributed by atoms with Crippen LogP contribution in [0.1, 0.15) is 58.1 Å². The van der Waals surface area contributed by atoms with Crippen molar-refractivity contribution in [2.75, 3.05) is 26.2 Å². The summed E-state index contributed by atoms with van der Waals surface area (Å²) in [5, 5.41) is 14.6.